The number of ketones is 1. The molecule has 0 spiro atoms. The van der Waals surface area contributed by atoms with E-state index < -0.39 is 28.9 Å². The lowest BCUT2D eigenvalue weighted by atomic mass is 9.92. The quantitative estimate of drug-likeness (QED) is 0.574. The standard InChI is InChI=1S/C13H12F4O/c14-9-5-6-10(11(7-9)13(15,16)17)12(18)8-3-1-2-4-8/h5-8H,1-4H2. The fourth-order valence-corrected chi connectivity index (χ4v) is 2.37. The zero-order valence-electron chi connectivity index (χ0n) is 9.56. The minimum Gasteiger partial charge on any atom is -0.294 e. The van der Waals surface area contributed by atoms with Gasteiger partial charge in [0.1, 0.15) is 5.82 Å². The fourth-order valence-electron chi connectivity index (χ4n) is 2.37. The van der Waals surface area contributed by atoms with E-state index in [9.17, 15) is 22.4 Å². The summed E-state index contributed by atoms with van der Waals surface area (Å²) in [5, 5.41) is 0. The van der Waals surface area contributed by atoms with E-state index in [-0.39, 0.29) is 5.92 Å². The zero-order valence-corrected chi connectivity index (χ0v) is 9.56. The van der Waals surface area contributed by atoms with Gasteiger partial charge in [-0.05, 0) is 31.0 Å². The van der Waals surface area contributed by atoms with Gasteiger partial charge in [0.15, 0.2) is 5.78 Å². The molecule has 0 bridgehead atoms. The number of halogens is 4. The number of hydrogen-bond acceptors (Lipinski definition) is 1. The number of Topliss-reactive ketones (excluding diaryl/α,β-unsaturated/α-hetero) is 1. The zero-order chi connectivity index (χ0) is 13.3. The van der Waals surface area contributed by atoms with Crippen LogP contribution in [0.2, 0.25) is 0 Å². The maximum atomic E-state index is 12.9. The molecule has 1 nitrogen and oxygen atoms in total. The Morgan fingerprint density at radius 3 is 2.33 bits per heavy atom. The van der Waals surface area contributed by atoms with Crippen LogP contribution >= 0.6 is 0 Å². The molecule has 0 amide bonds. The first-order valence-electron chi connectivity index (χ1n) is 5.80. The highest BCUT2D eigenvalue weighted by Crippen LogP contribution is 2.36. The monoisotopic (exact) mass is 260 g/mol. The van der Waals surface area contributed by atoms with Crippen molar-refractivity contribution in [2.45, 2.75) is 31.9 Å². The molecule has 0 unspecified atom stereocenters. The maximum absolute atomic E-state index is 12.9. The second-order valence-electron chi connectivity index (χ2n) is 4.53. The van der Waals surface area contributed by atoms with E-state index in [1.807, 2.05) is 0 Å². The number of alkyl halides is 3. The Morgan fingerprint density at radius 2 is 1.78 bits per heavy atom. The summed E-state index contributed by atoms with van der Waals surface area (Å²) in [7, 11) is 0. The molecule has 18 heavy (non-hydrogen) atoms. The van der Waals surface area contributed by atoms with E-state index >= 15 is 0 Å². The lowest BCUT2D eigenvalue weighted by Gasteiger charge is -2.14. The maximum Gasteiger partial charge on any atom is 0.417 e. The Labute approximate surface area is 102 Å². The predicted octanol–water partition coefficient (Wildman–Crippen LogP) is 4.22. The first-order chi connectivity index (χ1) is 8.39. The van der Waals surface area contributed by atoms with Gasteiger partial charge in [-0.25, -0.2) is 4.39 Å². The van der Waals surface area contributed by atoms with Crippen LogP contribution in [0.1, 0.15) is 41.6 Å². The number of benzene rings is 1. The van der Waals surface area contributed by atoms with Gasteiger partial charge in [-0.15, -0.1) is 0 Å². The summed E-state index contributed by atoms with van der Waals surface area (Å²) in [6.45, 7) is 0. The summed E-state index contributed by atoms with van der Waals surface area (Å²) >= 11 is 0. The van der Waals surface area contributed by atoms with Gasteiger partial charge in [-0.2, -0.15) is 13.2 Å². The van der Waals surface area contributed by atoms with E-state index in [0.29, 0.717) is 18.9 Å². The van der Waals surface area contributed by atoms with Crippen molar-refractivity contribution in [2.75, 3.05) is 0 Å². The SMILES string of the molecule is O=C(c1ccc(F)cc1C(F)(F)F)C1CCCC1. The van der Waals surface area contributed by atoms with Crippen molar-refractivity contribution in [3.05, 3.63) is 35.1 Å². The van der Waals surface area contributed by atoms with E-state index in [1.54, 1.807) is 0 Å². The Balaban J connectivity index is 2.40. The average Bonchev–Trinajstić information content (AvgIpc) is 2.80. The first kappa shape index (κ1) is 13.1. The molecule has 1 saturated carbocycles. The van der Waals surface area contributed by atoms with E-state index in [1.165, 1.54) is 0 Å². The molecule has 1 fully saturated rings. The molecule has 0 aromatic heterocycles. The minimum absolute atomic E-state index is 0.350. The van der Waals surface area contributed by atoms with Crippen molar-refractivity contribution in [1.82, 2.24) is 0 Å². The highest BCUT2D eigenvalue weighted by atomic mass is 19.4. The van der Waals surface area contributed by atoms with Gasteiger partial charge in [-0.1, -0.05) is 12.8 Å². The van der Waals surface area contributed by atoms with Crippen LogP contribution in [0, 0.1) is 11.7 Å². The summed E-state index contributed by atoms with van der Waals surface area (Å²) in [6, 6.07) is 2.23. The van der Waals surface area contributed by atoms with Crippen LogP contribution in [0.4, 0.5) is 17.6 Å². The molecule has 98 valence electrons. The molecule has 0 radical (unpaired) electrons. The van der Waals surface area contributed by atoms with Crippen molar-refractivity contribution >= 4 is 5.78 Å². The van der Waals surface area contributed by atoms with E-state index in [2.05, 4.69) is 0 Å². The normalized spacial score (nSPS) is 17.1. The van der Waals surface area contributed by atoms with Gasteiger partial charge >= 0.3 is 6.18 Å². The van der Waals surface area contributed by atoms with Crippen LogP contribution in [-0.2, 0) is 6.18 Å². The highest BCUT2D eigenvalue weighted by Gasteiger charge is 2.37. The van der Waals surface area contributed by atoms with Gasteiger partial charge in [0.25, 0.3) is 0 Å². The van der Waals surface area contributed by atoms with Crippen LogP contribution in [-0.4, -0.2) is 5.78 Å². The number of hydrogen-bond donors (Lipinski definition) is 0. The lowest BCUT2D eigenvalue weighted by molar-refractivity contribution is -0.138. The fraction of sp³-hybridized carbons (Fsp3) is 0.462. The van der Waals surface area contributed by atoms with Crippen molar-refractivity contribution in [3.63, 3.8) is 0 Å². The third kappa shape index (κ3) is 2.54. The summed E-state index contributed by atoms with van der Waals surface area (Å²) in [6.07, 6.45) is -1.75. The van der Waals surface area contributed by atoms with Gasteiger partial charge in [0.05, 0.1) is 5.56 Å². The molecule has 0 heterocycles. The molecule has 2 rings (SSSR count). The van der Waals surface area contributed by atoms with Crippen LogP contribution in [0.5, 0.6) is 0 Å². The van der Waals surface area contributed by atoms with Gasteiger partial charge in [-0.3, -0.25) is 4.79 Å². The largest absolute Gasteiger partial charge is 0.417 e. The molecule has 1 aliphatic carbocycles. The molecule has 1 aromatic rings. The van der Waals surface area contributed by atoms with Gasteiger partial charge < -0.3 is 0 Å². The summed E-state index contributed by atoms with van der Waals surface area (Å²) in [5.41, 5.74) is -1.57. The summed E-state index contributed by atoms with van der Waals surface area (Å²) in [4.78, 5) is 12.0. The number of rotatable bonds is 2. The van der Waals surface area contributed by atoms with Crippen LogP contribution < -0.4 is 0 Å². The number of carbonyl (C=O) groups excluding carboxylic acids is 1. The Bertz CT molecular complexity index is 459. The molecule has 0 atom stereocenters. The minimum atomic E-state index is -4.70. The highest BCUT2D eigenvalue weighted by molar-refractivity contribution is 5.99. The Morgan fingerprint density at radius 1 is 1.17 bits per heavy atom. The third-order valence-electron chi connectivity index (χ3n) is 3.28. The van der Waals surface area contributed by atoms with Crippen LogP contribution in [0.25, 0.3) is 0 Å². The van der Waals surface area contributed by atoms with Crippen LogP contribution in [0.3, 0.4) is 0 Å². The molecule has 1 aromatic carbocycles. The molecular formula is C13H12F4O. The predicted molar refractivity (Wildman–Crippen MR) is 57.7 cm³/mol. The summed E-state index contributed by atoms with van der Waals surface area (Å²) in [5.74, 6) is -1.85. The van der Waals surface area contributed by atoms with Crippen molar-refractivity contribution < 1.29 is 22.4 Å². The second kappa shape index (κ2) is 4.71. The molecular weight excluding hydrogens is 248 g/mol. The van der Waals surface area contributed by atoms with Crippen molar-refractivity contribution in [3.8, 4) is 0 Å². The average molecular weight is 260 g/mol. The molecule has 1 aliphatic rings. The molecule has 0 saturated heterocycles. The van der Waals surface area contributed by atoms with Crippen molar-refractivity contribution in [2.24, 2.45) is 5.92 Å². The lowest BCUT2D eigenvalue weighted by Crippen LogP contribution is -2.18. The van der Waals surface area contributed by atoms with E-state index in [4.69, 9.17) is 0 Å². The first-order valence-corrected chi connectivity index (χ1v) is 5.80. The smallest absolute Gasteiger partial charge is 0.294 e. The second-order valence-corrected chi connectivity index (χ2v) is 4.53. The van der Waals surface area contributed by atoms with Gasteiger partial charge in [0.2, 0.25) is 0 Å². The summed E-state index contributed by atoms with van der Waals surface area (Å²) < 4.78 is 51.2. The third-order valence-corrected chi connectivity index (χ3v) is 3.28. The molecule has 0 N–H and O–H groups in total. The topological polar surface area (TPSA) is 17.1 Å². The molecule has 0 aliphatic heterocycles. The number of carbonyl (C=O) groups is 1. The van der Waals surface area contributed by atoms with Crippen LogP contribution in [0.15, 0.2) is 18.2 Å². The molecule has 5 heteroatoms. The van der Waals surface area contributed by atoms with E-state index in [0.717, 1.165) is 25.0 Å². The Hall–Kier alpha value is -1.39. The Kier molecular flexibility index (Phi) is 3.41. The van der Waals surface area contributed by atoms with Crippen molar-refractivity contribution in [1.29, 1.82) is 0 Å². The van der Waals surface area contributed by atoms with Gasteiger partial charge in [0, 0.05) is 11.5 Å².